The van der Waals surface area contributed by atoms with Crippen molar-refractivity contribution in [3.05, 3.63) is 50.8 Å². The lowest BCUT2D eigenvalue weighted by Crippen LogP contribution is -2.22. The molecule has 2 aromatic heterocycles. The summed E-state index contributed by atoms with van der Waals surface area (Å²) in [5.41, 5.74) is 1.17. The largest absolute Gasteiger partial charge is 0.309 e. The van der Waals surface area contributed by atoms with Gasteiger partial charge in [-0.05, 0) is 37.9 Å². The van der Waals surface area contributed by atoms with Gasteiger partial charge in [0.05, 0.1) is 10.7 Å². The van der Waals surface area contributed by atoms with Crippen LogP contribution < -0.4 is 5.32 Å². The van der Waals surface area contributed by atoms with Gasteiger partial charge in [-0.25, -0.2) is 4.98 Å². The quantitative estimate of drug-likeness (QED) is 0.726. The summed E-state index contributed by atoms with van der Waals surface area (Å²) in [4.78, 5) is 7.43. The Balaban J connectivity index is 1.89. The van der Waals surface area contributed by atoms with Gasteiger partial charge in [-0.15, -0.1) is 22.7 Å². The highest BCUT2D eigenvalue weighted by Crippen LogP contribution is 2.32. The molecule has 3 aromatic rings. The number of rotatable bonds is 5. The lowest BCUT2D eigenvalue weighted by Gasteiger charge is -2.14. The molecule has 0 aliphatic rings. The van der Waals surface area contributed by atoms with E-state index in [0.717, 1.165) is 13.0 Å². The van der Waals surface area contributed by atoms with Gasteiger partial charge in [0.15, 0.2) is 0 Å². The van der Waals surface area contributed by atoms with E-state index in [4.69, 9.17) is 4.98 Å². The van der Waals surface area contributed by atoms with E-state index in [9.17, 15) is 0 Å². The second kappa shape index (κ2) is 6.26. The summed E-state index contributed by atoms with van der Waals surface area (Å²) in [6.45, 7) is 7.39. The highest BCUT2D eigenvalue weighted by Gasteiger charge is 2.16. The molecule has 0 radical (unpaired) electrons. The number of aromatic nitrogens is 1. The van der Waals surface area contributed by atoms with Crippen LogP contribution in [0.3, 0.4) is 0 Å². The first-order chi connectivity index (χ1) is 10.2. The Morgan fingerprint density at radius 1 is 1.19 bits per heavy atom. The second-order valence-electron chi connectivity index (χ2n) is 5.25. The molecule has 2 nitrogen and oxygen atoms in total. The fraction of sp³-hybridized carbons (Fsp3) is 0.353. The maximum absolute atomic E-state index is 4.69. The summed E-state index contributed by atoms with van der Waals surface area (Å²) in [5, 5.41) is 6.18. The minimum Gasteiger partial charge on any atom is -0.309 e. The number of fused-ring (bicyclic) bond motifs is 1. The Hall–Kier alpha value is -1.23. The average Bonchev–Trinajstić information content (AvgIpc) is 3.02. The van der Waals surface area contributed by atoms with E-state index in [-0.39, 0.29) is 0 Å². The SMILES string of the molecule is CCNC(Cc1nc(C)c(C)s1)c1cc2ccccc2s1. The van der Waals surface area contributed by atoms with Crippen LogP contribution in [0.4, 0.5) is 0 Å². The van der Waals surface area contributed by atoms with E-state index in [1.165, 1.54) is 30.5 Å². The van der Waals surface area contributed by atoms with Gasteiger partial charge in [-0.3, -0.25) is 0 Å². The zero-order valence-corrected chi connectivity index (χ0v) is 14.3. The Kier molecular flexibility index (Phi) is 4.38. The zero-order valence-electron chi connectivity index (χ0n) is 12.6. The molecule has 0 saturated heterocycles. The number of nitrogens with zero attached hydrogens (tertiary/aromatic N) is 1. The number of hydrogen-bond acceptors (Lipinski definition) is 4. The monoisotopic (exact) mass is 316 g/mol. The van der Waals surface area contributed by atoms with Gasteiger partial charge in [-0.1, -0.05) is 25.1 Å². The molecule has 1 N–H and O–H groups in total. The van der Waals surface area contributed by atoms with Gasteiger partial charge in [0.2, 0.25) is 0 Å². The van der Waals surface area contributed by atoms with Crippen molar-refractivity contribution in [3.63, 3.8) is 0 Å². The lowest BCUT2D eigenvalue weighted by molar-refractivity contribution is 0.557. The maximum atomic E-state index is 4.69. The van der Waals surface area contributed by atoms with Crippen molar-refractivity contribution in [2.45, 2.75) is 33.2 Å². The van der Waals surface area contributed by atoms with Gasteiger partial charge < -0.3 is 5.32 Å². The summed E-state index contributed by atoms with van der Waals surface area (Å²) in [6, 6.07) is 11.3. The highest BCUT2D eigenvalue weighted by atomic mass is 32.1. The molecule has 1 aromatic carbocycles. The van der Waals surface area contributed by atoms with E-state index in [1.54, 1.807) is 0 Å². The third kappa shape index (κ3) is 3.18. The normalized spacial score (nSPS) is 12.9. The predicted molar refractivity (Wildman–Crippen MR) is 93.5 cm³/mol. The number of hydrogen-bond donors (Lipinski definition) is 1. The van der Waals surface area contributed by atoms with Crippen molar-refractivity contribution in [2.24, 2.45) is 0 Å². The molecule has 0 aliphatic heterocycles. The molecule has 0 spiro atoms. The molecular weight excluding hydrogens is 296 g/mol. The summed E-state index contributed by atoms with van der Waals surface area (Å²) < 4.78 is 1.36. The molecular formula is C17H20N2S2. The Bertz CT molecular complexity index is 690. The average molecular weight is 316 g/mol. The second-order valence-corrected chi connectivity index (χ2v) is 7.65. The van der Waals surface area contributed by atoms with E-state index in [0.29, 0.717) is 6.04 Å². The topological polar surface area (TPSA) is 24.9 Å². The van der Waals surface area contributed by atoms with Gasteiger partial charge >= 0.3 is 0 Å². The summed E-state index contributed by atoms with van der Waals surface area (Å²) in [7, 11) is 0. The molecule has 0 aliphatic carbocycles. The standard InChI is InChI=1S/C17H20N2S2/c1-4-18-14(10-17-19-11(2)12(3)20-17)16-9-13-7-5-6-8-15(13)21-16/h5-9,14,18H,4,10H2,1-3H3. The van der Waals surface area contributed by atoms with Crippen molar-refractivity contribution < 1.29 is 0 Å². The van der Waals surface area contributed by atoms with Crippen LogP contribution in [0.25, 0.3) is 10.1 Å². The van der Waals surface area contributed by atoms with Crippen LogP contribution in [0, 0.1) is 13.8 Å². The van der Waals surface area contributed by atoms with Crippen molar-refractivity contribution >= 4 is 32.8 Å². The van der Waals surface area contributed by atoms with Crippen molar-refractivity contribution in [1.82, 2.24) is 10.3 Å². The molecule has 21 heavy (non-hydrogen) atoms. The molecule has 0 amide bonds. The molecule has 0 saturated carbocycles. The number of thiophene rings is 1. The smallest absolute Gasteiger partial charge is 0.0950 e. The first-order valence-corrected chi connectivity index (χ1v) is 8.95. The van der Waals surface area contributed by atoms with Crippen LogP contribution >= 0.6 is 22.7 Å². The van der Waals surface area contributed by atoms with Crippen LogP contribution in [0.1, 0.15) is 33.4 Å². The first-order valence-electron chi connectivity index (χ1n) is 7.32. The Morgan fingerprint density at radius 3 is 2.67 bits per heavy atom. The summed E-state index contributed by atoms with van der Waals surface area (Å²) >= 11 is 3.71. The lowest BCUT2D eigenvalue weighted by atomic mass is 10.1. The van der Waals surface area contributed by atoms with Gasteiger partial charge in [0.25, 0.3) is 0 Å². The maximum Gasteiger partial charge on any atom is 0.0950 e. The summed E-state index contributed by atoms with van der Waals surface area (Å²) in [6.07, 6.45) is 0.972. The third-order valence-electron chi connectivity index (χ3n) is 3.69. The number of thiazole rings is 1. The minimum absolute atomic E-state index is 0.359. The van der Waals surface area contributed by atoms with Gasteiger partial charge in [0, 0.05) is 26.9 Å². The number of nitrogens with one attached hydrogen (secondary N) is 1. The molecule has 4 heteroatoms. The van der Waals surface area contributed by atoms with Crippen molar-refractivity contribution in [3.8, 4) is 0 Å². The molecule has 3 rings (SSSR count). The van der Waals surface area contributed by atoms with Crippen LogP contribution in [0.2, 0.25) is 0 Å². The van der Waals surface area contributed by atoms with Crippen LogP contribution in [0.15, 0.2) is 30.3 Å². The van der Waals surface area contributed by atoms with Gasteiger partial charge in [-0.2, -0.15) is 0 Å². The van der Waals surface area contributed by atoms with Crippen molar-refractivity contribution in [2.75, 3.05) is 6.54 Å². The third-order valence-corrected chi connectivity index (χ3v) is 6.02. The van der Waals surface area contributed by atoms with Crippen LogP contribution in [0.5, 0.6) is 0 Å². The molecule has 1 unspecified atom stereocenters. The fourth-order valence-electron chi connectivity index (χ4n) is 2.49. The molecule has 0 fully saturated rings. The van der Waals surface area contributed by atoms with Crippen LogP contribution in [-0.2, 0) is 6.42 Å². The minimum atomic E-state index is 0.359. The predicted octanol–water partition coefficient (Wildman–Crippen LogP) is 4.87. The van der Waals surface area contributed by atoms with E-state index in [1.807, 2.05) is 22.7 Å². The van der Waals surface area contributed by atoms with E-state index >= 15 is 0 Å². The van der Waals surface area contributed by atoms with E-state index < -0.39 is 0 Å². The fourth-order valence-corrected chi connectivity index (χ4v) is 4.61. The van der Waals surface area contributed by atoms with E-state index in [2.05, 4.69) is 56.4 Å². The molecule has 110 valence electrons. The Morgan fingerprint density at radius 2 is 2.00 bits per heavy atom. The summed E-state index contributed by atoms with van der Waals surface area (Å²) in [5.74, 6) is 0. The molecule has 1 atom stereocenters. The number of likely N-dealkylation sites (N-methyl/N-ethyl adjacent to an activating group) is 1. The number of benzene rings is 1. The van der Waals surface area contributed by atoms with Crippen LogP contribution in [-0.4, -0.2) is 11.5 Å². The molecule has 2 heterocycles. The molecule has 0 bridgehead atoms. The Labute approximate surface area is 133 Å². The number of aryl methyl sites for hydroxylation is 2. The van der Waals surface area contributed by atoms with Crippen molar-refractivity contribution in [1.29, 1.82) is 0 Å². The first kappa shape index (κ1) is 14.7. The zero-order chi connectivity index (χ0) is 14.8. The highest BCUT2D eigenvalue weighted by molar-refractivity contribution is 7.19. The van der Waals surface area contributed by atoms with Gasteiger partial charge in [0.1, 0.15) is 0 Å².